The summed E-state index contributed by atoms with van der Waals surface area (Å²) in [4.78, 5) is 21.3. The summed E-state index contributed by atoms with van der Waals surface area (Å²) in [7, 11) is 0. The van der Waals surface area contributed by atoms with Gasteiger partial charge in [-0.15, -0.1) is 11.8 Å². The molecule has 0 unspecified atom stereocenters. The lowest BCUT2D eigenvalue weighted by molar-refractivity contribution is 0.0467. The van der Waals surface area contributed by atoms with Crippen LogP contribution in [0.5, 0.6) is 5.75 Å². The van der Waals surface area contributed by atoms with Crippen LogP contribution in [0.15, 0.2) is 76.5 Å². The maximum atomic E-state index is 12.7. The number of carbonyl (C=O) groups is 1. The minimum atomic E-state index is -0.417. The van der Waals surface area contributed by atoms with Crippen LogP contribution >= 0.6 is 11.8 Å². The Hall–Kier alpha value is -3.65. The zero-order valence-electron chi connectivity index (χ0n) is 18.4. The van der Waals surface area contributed by atoms with Crippen LogP contribution in [0.4, 0.5) is 0 Å². The van der Waals surface area contributed by atoms with E-state index in [2.05, 4.69) is 15.1 Å². The van der Waals surface area contributed by atoms with Crippen molar-refractivity contribution in [1.29, 1.82) is 0 Å². The van der Waals surface area contributed by atoms with Crippen LogP contribution < -0.4 is 4.74 Å². The molecule has 7 nitrogen and oxygen atoms in total. The number of esters is 1. The van der Waals surface area contributed by atoms with Crippen LogP contribution in [-0.4, -0.2) is 21.1 Å². The van der Waals surface area contributed by atoms with E-state index in [9.17, 15) is 4.79 Å². The van der Waals surface area contributed by atoms with Crippen LogP contribution in [0.1, 0.15) is 38.6 Å². The van der Waals surface area contributed by atoms with Gasteiger partial charge >= 0.3 is 5.97 Å². The molecule has 8 heteroatoms. The van der Waals surface area contributed by atoms with Gasteiger partial charge in [0.05, 0.1) is 17.0 Å². The van der Waals surface area contributed by atoms with Crippen LogP contribution in [0.25, 0.3) is 0 Å². The Bertz CT molecular complexity index is 1190. The average Bonchev–Trinajstić information content (AvgIpc) is 3.18. The fraction of sp³-hybridized carbons (Fsp3) is 0.200. The quantitative estimate of drug-likeness (QED) is 0.245. The van der Waals surface area contributed by atoms with Crippen molar-refractivity contribution in [3.63, 3.8) is 0 Å². The monoisotopic (exact) mass is 461 g/mol. The van der Waals surface area contributed by atoms with E-state index in [4.69, 9.17) is 14.0 Å². The van der Waals surface area contributed by atoms with E-state index in [1.165, 1.54) is 11.8 Å². The summed E-state index contributed by atoms with van der Waals surface area (Å²) in [5, 5.41) is 4.58. The zero-order chi connectivity index (χ0) is 23.0. The Kier molecular flexibility index (Phi) is 7.36. The van der Waals surface area contributed by atoms with Crippen molar-refractivity contribution in [1.82, 2.24) is 15.1 Å². The molecular weight excluding hydrogens is 438 g/mol. The summed E-state index contributed by atoms with van der Waals surface area (Å²) >= 11 is 1.46. The van der Waals surface area contributed by atoms with Gasteiger partial charge in [-0.2, -0.15) is 0 Å². The molecule has 4 rings (SSSR count). The van der Waals surface area contributed by atoms with Gasteiger partial charge in [-0.05, 0) is 55.8 Å². The molecule has 3 heterocycles. The first-order chi connectivity index (χ1) is 16.1. The Balaban J connectivity index is 1.32. The van der Waals surface area contributed by atoms with Crippen molar-refractivity contribution in [3.8, 4) is 5.75 Å². The van der Waals surface area contributed by atoms with Crippen molar-refractivity contribution in [3.05, 3.63) is 101 Å². The van der Waals surface area contributed by atoms with E-state index in [-0.39, 0.29) is 6.61 Å². The van der Waals surface area contributed by atoms with Gasteiger partial charge in [-0.1, -0.05) is 23.4 Å². The largest absolute Gasteiger partial charge is 0.487 e. The number of carbonyl (C=O) groups excluding carboxylic acids is 1. The molecule has 0 spiro atoms. The molecule has 0 fully saturated rings. The number of pyridine rings is 2. The van der Waals surface area contributed by atoms with Gasteiger partial charge in [0, 0.05) is 23.7 Å². The van der Waals surface area contributed by atoms with E-state index in [0.717, 1.165) is 34.0 Å². The number of hydrogen-bond donors (Lipinski definition) is 0. The topological polar surface area (TPSA) is 87.3 Å². The number of ether oxygens (including phenoxy) is 2. The van der Waals surface area contributed by atoms with Gasteiger partial charge in [-0.3, -0.25) is 4.98 Å². The highest BCUT2D eigenvalue weighted by Crippen LogP contribution is 2.27. The highest BCUT2D eigenvalue weighted by Gasteiger charge is 2.16. The molecule has 168 valence electrons. The molecule has 0 amide bonds. The Morgan fingerprint density at radius 2 is 1.79 bits per heavy atom. The third-order valence-electron chi connectivity index (χ3n) is 4.93. The minimum Gasteiger partial charge on any atom is -0.487 e. The number of hydrogen-bond acceptors (Lipinski definition) is 8. The van der Waals surface area contributed by atoms with Crippen molar-refractivity contribution < 1.29 is 18.8 Å². The van der Waals surface area contributed by atoms with Crippen LogP contribution in [0, 0.1) is 13.8 Å². The summed E-state index contributed by atoms with van der Waals surface area (Å²) in [6.45, 7) is 4.32. The maximum absolute atomic E-state index is 12.7. The molecule has 33 heavy (non-hydrogen) atoms. The molecule has 3 aromatic heterocycles. The van der Waals surface area contributed by atoms with Crippen molar-refractivity contribution in [2.75, 3.05) is 0 Å². The van der Waals surface area contributed by atoms with Crippen LogP contribution in [-0.2, 0) is 23.7 Å². The van der Waals surface area contributed by atoms with Gasteiger partial charge in [0.2, 0.25) is 0 Å². The lowest BCUT2D eigenvalue weighted by Gasteiger charge is -2.10. The molecule has 0 saturated carbocycles. The summed E-state index contributed by atoms with van der Waals surface area (Å²) in [6, 6.07) is 16.6. The Labute approximate surface area is 196 Å². The standard InChI is InChI=1S/C25H23N3O4S/c1-17-23(18(2)32-28-17)16-33-24-22(7-5-13-27-24)25(29)31-14-19-8-10-21(11-9-19)30-15-20-6-3-4-12-26-20/h3-13H,14-16H2,1-2H3. The molecular formula is C25H23N3O4S. The lowest BCUT2D eigenvalue weighted by Crippen LogP contribution is -2.07. The van der Waals surface area contributed by atoms with Crippen molar-refractivity contribution in [2.45, 2.75) is 37.8 Å². The zero-order valence-corrected chi connectivity index (χ0v) is 19.2. The summed E-state index contributed by atoms with van der Waals surface area (Å²) in [6.07, 6.45) is 3.40. The fourth-order valence-electron chi connectivity index (χ4n) is 3.06. The lowest BCUT2D eigenvalue weighted by atomic mass is 10.2. The van der Waals surface area contributed by atoms with Crippen molar-refractivity contribution in [2.24, 2.45) is 0 Å². The summed E-state index contributed by atoms with van der Waals surface area (Å²) < 4.78 is 16.5. The molecule has 0 aliphatic carbocycles. The second-order valence-electron chi connectivity index (χ2n) is 7.28. The summed E-state index contributed by atoms with van der Waals surface area (Å²) in [5.41, 5.74) is 4.00. The first-order valence-corrected chi connectivity index (χ1v) is 11.4. The molecule has 0 aliphatic heterocycles. The van der Waals surface area contributed by atoms with E-state index >= 15 is 0 Å². The van der Waals surface area contributed by atoms with Crippen molar-refractivity contribution >= 4 is 17.7 Å². The Morgan fingerprint density at radius 3 is 2.52 bits per heavy atom. The molecule has 0 radical (unpaired) electrons. The van der Waals surface area contributed by atoms with Gasteiger partial charge in [0.15, 0.2) is 0 Å². The highest BCUT2D eigenvalue weighted by molar-refractivity contribution is 7.98. The number of aryl methyl sites for hydroxylation is 2. The normalized spacial score (nSPS) is 10.7. The van der Waals surface area contributed by atoms with Crippen LogP contribution in [0.2, 0.25) is 0 Å². The van der Waals surface area contributed by atoms with Gasteiger partial charge in [-0.25, -0.2) is 9.78 Å². The molecule has 4 aromatic rings. The SMILES string of the molecule is Cc1noc(C)c1CSc1ncccc1C(=O)OCc1ccc(OCc2ccccn2)cc1. The number of rotatable bonds is 9. The molecule has 0 N–H and O–H groups in total. The second kappa shape index (κ2) is 10.8. The smallest absolute Gasteiger partial charge is 0.341 e. The van der Waals surface area contributed by atoms with E-state index in [1.54, 1.807) is 24.5 Å². The van der Waals surface area contributed by atoms with E-state index in [0.29, 0.717) is 22.9 Å². The third-order valence-corrected chi connectivity index (χ3v) is 5.96. The number of aromatic nitrogens is 3. The number of thioether (sulfide) groups is 1. The fourth-order valence-corrected chi connectivity index (χ4v) is 4.19. The summed E-state index contributed by atoms with van der Waals surface area (Å²) in [5.74, 6) is 1.69. The molecule has 0 bridgehead atoms. The predicted octanol–water partition coefficient (Wildman–Crippen LogP) is 5.31. The predicted molar refractivity (Wildman–Crippen MR) is 124 cm³/mol. The third kappa shape index (κ3) is 5.98. The first kappa shape index (κ1) is 22.5. The Morgan fingerprint density at radius 1 is 0.970 bits per heavy atom. The molecule has 0 saturated heterocycles. The molecule has 1 aromatic carbocycles. The minimum absolute atomic E-state index is 0.155. The molecule has 0 atom stereocenters. The van der Waals surface area contributed by atoms with Gasteiger partial charge in [0.25, 0.3) is 0 Å². The number of nitrogens with zero attached hydrogens (tertiary/aromatic N) is 3. The van der Waals surface area contributed by atoms with E-state index < -0.39 is 5.97 Å². The van der Waals surface area contributed by atoms with E-state index in [1.807, 2.05) is 56.3 Å². The number of benzene rings is 1. The highest BCUT2D eigenvalue weighted by atomic mass is 32.2. The second-order valence-corrected chi connectivity index (χ2v) is 8.24. The van der Waals surface area contributed by atoms with Gasteiger partial charge in [0.1, 0.15) is 29.7 Å². The average molecular weight is 462 g/mol. The van der Waals surface area contributed by atoms with Gasteiger partial charge < -0.3 is 14.0 Å². The first-order valence-electron chi connectivity index (χ1n) is 10.4. The maximum Gasteiger partial charge on any atom is 0.341 e. The molecule has 0 aliphatic rings. The van der Waals surface area contributed by atoms with Crippen LogP contribution in [0.3, 0.4) is 0 Å².